The van der Waals surface area contributed by atoms with Crippen LogP contribution in [0.25, 0.3) is 0 Å². The Hall–Kier alpha value is -1.94. The van der Waals surface area contributed by atoms with Crippen LogP contribution in [0.3, 0.4) is 0 Å². The van der Waals surface area contributed by atoms with Gasteiger partial charge in [0.05, 0.1) is 5.60 Å². The largest absolute Gasteiger partial charge is 0.450 e. The summed E-state index contributed by atoms with van der Waals surface area (Å²) in [5.74, 6) is 0.266. The minimum atomic E-state index is -3.57. The number of nitrogens with two attached hydrogens (primary N) is 1. The summed E-state index contributed by atoms with van der Waals surface area (Å²) in [7, 11) is -3.57. The van der Waals surface area contributed by atoms with E-state index in [9.17, 15) is 18.8 Å². The third-order valence-electron chi connectivity index (χ3n) is 5.94. The number of rotatable bonds is 5. The summed E-state index contributed by atoms with van der Waals surface area (Å²) in [4.78, 5) is 0. The van der Waals surface area contributed by atoms with Crippen molar-refractivity contribution in [2.24, 2.45) is 9.50 Å². The van der Waals surface area contributed by atoms with Gasteiger partial charge in [-0.15, -0.1) is 0 Å². The molecule has 1 aromatic heterocycles. The average Bonchev–Trinajstić information content (AvgIpc) is 3.36. The number of furan rings is 1. The fourth-order valence-corrected chi connectivity index (χ4v) is 5.61. The zero-order chi connectivity index (χ0) is 21.8. The lowest BCUT2D eigenvalue weighted by Crippen LogP contribution is -2.24. The zero-order valence-corrected chi connectivity index (χ0v) is 18.2. The van der Waals surface area contributed by atoms with Crippen molar-refractivity contribution in [2.75, 3.05) is 5.32 Å². The Kier molecular flexibility index (Phi) is 5.21. The van der Waals surface area contributed by atoms with E-state index in [0.717, 1.165) is 36.8 Å². The van der Waals surface area contributed by atoms with Crippen LogP contribution in [0, 0.1) is 12.7 Å². The molecule has 0 saturated heterocycles. The number of hydrogen-bond acceptors (Lipinski definition) is 6. The number of anilines is 1. The molecule has 0 fully saturated rings. The molecular formula is C21H28FN3O4S. The normalized spacial score (nSPS) is 18.6. The van der Waals surface area contributed by atoms with Crippen molar-refractivity contribution < 1.29 is 23.2 Å². The molecule has 5 N–H and O–H groups in total. The van der Waals surface area contributed by atoms with Gasteiger partial charge in [0.2, 0.25) is 11.4 Å². The van der Waals surface area contributed by atoms with Crippen molar-refractivity contribution in [3.8, 4) is 0 Å². The summed E-state index contributed by atoms with van der Waals surface area (Å²) in [6.45, 7) is 4.79. The summed E-state index contributed by atoms with van der Waals surface area (Å²) < 4.78 is 37.1. The summed E-state index contributed by atoms with van der Waals surface area (Å²) in [5, 5.41) is 29.5. The fraction of sp³-hybridized carbons (Fsp3) is 0.524. The summed E-state index contributed by atoms with van der Waals surface area (Å²) in [5.41, 5.74) is 3.07. The lowest BCUT2D eigenvalue weighted by atomic mass is 9.98. The van der Waals surface area contributed by atoms with Gasteiger partial charge in [-0.1, -0.05) is 0 Å². The van der Waals surface area contributed by atoms with E-state index in [1.54, 1.807) is 20.8 Å². The number of halogens is 1. The monoisotopic (exact) mass is 437 g/mol. The van der Waals surface area contributed by atoms with Gasteiger partial charge in [0.1, 0.15) is 11.6 Å². The Balaban J connectivity index is 1.68. The van der Waals surface area contributed by atoms with Gasteiger partial charge in [-0.05, 0) is 81.5 Å². The molecule has 0 radical (unpaired) electrons. The Bertz CT molecular complexity index is 1090. The summed E-state index contributed by atoms with van der Waals surface area (Å²) in [6, 6.07) is 1.40. The Morgan fingerprint density at radius 3 is 2.23 bits per heavy atom. The first-order valence-corrected chi connectivity index (χ1v) is 11.7. The quantitative estimate of drug-likeness (QED) is 0.536. The van der Waals surface area contributed by atoms with Crippen LogP contribution >= 0.6 is 0 Å². The zero-order valence-electron chi connectivity index (χ0n) is 17.4. The van der Waals surface area contributed by atoms with Gasteiger partial charge in [0, 0.05) is 17.3 Å². The summed E-state index contributed by atoms with van der Waals surface area (Å²) in [6.07, 6.45) is 2.95. The number of aliphatic hydroxyl groups is 2. The van der Waals surface area contributed by atoms with Gasteiger partial charge < -0.3 is 19.9 Å². The molecule has 1 heterocycles. The van der Waals surface area contributed by atoms with E-state index in [2.05, 4.69) is 9.68 Å². The maximum Gasteiger partial charge on any atom is 0.233 e. The first-order valence-electron chi connectivity index (χ1n) is 10.2. The van der Waals surface area contributed by atoms with Crippen LogP contribution in [-0.2, 0) is 41.2 Å². The third-order valence-corrected chi connectivity index (χ3v) is 7.23. The van der Waals surface area contributed by atoms with Crippen LogP contribution in [0.2, 0.25) is 0 Å². The molecular weight excluding hydrogens is 409 g/mol. The van der Waals surface area contributed by atoms with E-state index < -0.39 is 21.9 Å². The highest BCUT2D eigenvalue weighted by Crippen LogP contribution is 2.41. The second kappa shape index (κ2) is 7.33. The van der Waals surface area contributed by atoms with Gasteiger partial charge >= 0.3 is 0 Å². The van der Waals surface area contributed by atoms with Crippen molar-refractivity contribution in [3.05, 3.63) is 45.5 Å². The molecule has 4 rings (SSSR count). The molecule has 0 spiro atoms. The van der Waals surface area contributed by atoms with Gasteiger partial charge in [-0.3, -0.25) is 0 Å². The Morgan fingerprint density at radius 2 is 1.73 bits per heavy atom. The van der Waals surface area contributed by atoms with E-state index in [4.69, 9.17) is 9.56 Å². The predicted molar refractivity (Wildman–Crippen MR) is 112 cm³/mol. The van der Waals surface area contributed by atoms with Crippen molar-refractivity contribution in [1.29, 1.82) is 0 Å². The van der Waals surface area contributed by atoms with Crippen molar-refractivity contribution >= 4 is 15.6 Å². The molecule has 0 saturated carbocycles. The average molecular weight is 438 g/mol. The molecule has 30 heavy (non-hydrogen) atoms. The molecule has 164 valence electrons. The first-order chi connectivity index (χ1) is 14.0. The van der Waals surface area contributed by atoms with Gasteiger partial charge in [0.15, 0.2) is 9.92 Å². The molecule has 0 bridgehead atoms. The molecule has 2 atom stereocenters. The highest BCUT2D eigenvalue weighted by Gasteiger charge is 2.30. The molecule has 9 heteroatoms. The third kappa shape index (κ3) is 3.64. The molecule has 0 amide bonds. The number of aliphatic hydroxyl groups excluding tert-OH is 1. The second-order valence-corrected chi connectivity index (χ2v) is 10.3. The lowest BCUT2D eigenvalue weighted by Gasteiger charge is -2.19. The molecule has 2 aromatic rings. The van der Waals surface area contributed by atoms with E-state index in [-0.39, 0.29) is 10.9 Å². The van der Waals surface area contributed by atoms with Crippen LogP contribution in [-0.4, -0.2) is 20.8 Å². The molecule has 1 unspecified atom stereocenters. The minimum Gasteiger partial charge on any atom is -0.450 e. The number of benzene rings is 1. The van der Waals surface area contributed by atoms with E-state index in [0.29, 0.717) is 41.0 Å². The van der Waals surface area contributed by atoms with Crippen LogP contribution in [0.5, 0.6) is 0 Å². The second-order valence-electron chi connectivity index (χ2n) is 8.60. The van der Waals surface area contributed by atoms with Crippen LogP contribution < -0.4 is 10.5 Å². The molecule has 0 aliphatic heterocycles. The van der Waals surface area contributed by atoms with Crippen molar-refractivity contribution in [1.82, 2.24) is 0 Å². The standard InChI is InChI=1S/C21H28FN3O4S/c1-11-16(21(2,3)27)10-17(29-11)30(23,28)25-20(26)24-19-14-8-4-6-12(14)18(22)13-7-5-9-15(13)19/h10,20,24,26-27H,4-9H2,1-3H3,(H2,23,25,28)/t20?,30-/m1/s1. The number of hydrogen-bond donors (Lipinski definition) is 4. The van der Waals surface area contributed by atoms with Crippen LogP contribution in [0.1, 0.15) is 60.3 Å². The Morgan fingerprint density at radius 1 is 1.20 bits per heavy atom. The van der Waals surface area contributed by atoms with E-state index >= 15 is 0 Å². The highest BCUT2D eigenvalue weighted by molar-refractivity contribution is 7.91. The first kappa shape index (κ1) is 21.3. The van der Waals surface area contributed by atoms with Crippen LogP contribution in [0.15, 0.2) is 19.9 Å². The maximum absolute atomic E-state index is 14.8. The molecule has 2 aliphatic carbocycles. The topological polar surface area (TPSA) is 121 Å². The maximum atomic E-state index is 14.8. The number of nitrogens with one attached hydrogen (secondary N) is 1. The molecule has 2 aliphatic rings. The summed E-state index contributed by atoms with van der Waals surface area (Å²) >= 11 is 0. The number of fused-ring (bicyclic) bond motifs is 2. The van der Waals surface area contributed by atoms with E-state index in [1.807, 2.05) is 0 Å². The van der Waals surface area contributed by atoms with E-state index in [1.165, 1.54) is 6.07 Å². The lowest BCUT2D eigenvalue weighted by molar-refractivity contribution is 0.0769. The van der Waals surface area contributed by atoms with Gasteiger partial charge in [0.25, 0.3) is 0 Å². The van der Waals surface area contributed by atoms with Gasteiger partial charge in [-0.2, -0.15) is 4.36 Å². The van der Waals surface area contributed by atoms with Crippen LogP contribution in [0.4, 0.5) is 10.1 Å². The highest BCUT2D eigenvalue weighted by atomic mass is 32.2. The smallest absolute Gasteiger partial charge is 0.233 e. The predicted octanol–water partition coefficient (Wildman–Crippen LogP) is 3.02. The van der Waals surface area contributed by atoms with Gasteiger partial charge in [-0.25, -0.2) is 13.7 Å². The van der Waals surface area contributed by atoms with Crippen molar-refractivity contribution in [3.63, 3.8) is 0 Å². The SMILES string of the molecule is Cc1oc([S@](N)(=O)=NC(O)Nc2c3c(c(F)c4c2CCC4)CCC3)cc1C(C)(C)O. The van der Waals surface area contributed by atoms with Crippen molar-refractivity contribution in [2.45, 2.75) is 76.3 Å². The number of aryl methyl sites for hydroxylation is 1. The fourth-order valence-electron chi connectivity index (χ4n) is 4.62. The molecule has 1 aromatic carbocycles. The number of nitrogens with zero attached hydrogens (tertiary/aromatic N) is 1. The Labute approximate surface area is 175 Å². The molecule has 7 nitrogen and oxygen atoms in total. The minimum absolute atomic E-state index is 0.111.